The maximum absolute atomic E-state index is 11.6. The van der Waals surface area contributed by atoms with Crippen molar-refractivity contribution in [2.75, 3.05) is 6.61 Å². The van der Waals surface area contributed by atoms with E-state index in [4.69, 9.17) is 13.9 Å². The molecule has 0 fully saturated rings. The Kier molecular flexibility index (Phi) is 5.40. The molecule has 5 nitrogen and oxygen atoms in total. The Labute approximate surface area is 143 Å². The molecular formula is C18H17NO4S. The van der Waals surface area contributed by atoms with Crippen LogP contribution in [0.5, 0.6) is 0 Å². The molecule has 0 aliphatic rings. The van der Waals surface area contributed by atoms with Gasteiger partial charge in [-0.15, -0.1) is 11.3 Å². The van der Waals surface area contributed by atoms with Crippen LogP contribution in [-0.4, -0.2) is 17.6 Å². The monoisotopic (exact) mass is 343 g/mol. The smallest absolute Gasteiger partial charge is 0.357 e. The van der Waals surface area contributed by atoms with E-state index in [0.29, 0.717) is 42.0 Å². The molecule has 0 aliphatic heterocycles. The molecule has 0 unspecified atom stereocenters. The summed E-state index contributed by atoms with van der Waals surface area (Å²) in [6, 6.07) is 13.6. The lowest BCUT2D eigenvalue weighted by Crippen LogP contribution is -2.04. The van der Waals surface area contributed by atoms with Crippen molar-refractivity contribution < 1.29 is 18.7 Å². The van der Waals surface area contributed by atoms with Gasteiger partial charge in [0.25, 0.3) is 0 Å². The number of thiazole rings is 1. The maximum Gasteiger partial charge on any atom is 0.357 e. The summed E-state index contributed by atoms with van der Waals surface area (Å²) < 4.78 is 16.3. The zero-order chi connectivity index (χ0) is 16.8. The lowest BCUT2D eigenvalue weighted by atomic mass is 10.2. The first-order valence-corrected chi connectivity index (χ1v) is 8.47. The number of carbonyl (C=O) groups excluding carboxylic acids is 1. The van der Waals surface area contributed by atoms with Gasteiger partial charge in [-0.3, -0.25) is 0 Å². The minimum atomic E-state index is -0.419. The van der Waals surface area contributed by atoms with Crippen LogP contribution in [0.4, 0.5) is 0 Å². The highest BCUT2D eigenvalue weighted by Crippen LogP contribution is 2.26. The molecule has 0 N–H and O–H groups in total. The summed E-state index contributed by atoms with van der Waals surface area (Å²) in [5.41, 5.74) is 1.42. The molecule has 6 heteroatoms. The first-order valence-electron chi connectivity index (χ1n) is 7.59. The number of nitrogens with zero attached hydrogens (tertiary/aromatic N) is 1. The molecular weight excluding hydrogens is 326 g/mol. The van der Waals surface area contributed by atoms with Crippen molar-refractivity contribution in [2.45, 2.75) is 20.1 Å². The number of benzene rings is 1. The number of furan rings is 1. The summed E-state index contributed by atoms with van der Waals surface area (Å²) in [7, 11) is 0. The Morgan fingerprint density at radius 2 is 2.00 bits per heavy atom. The van der Waals surface area contributed by atoms with Crippen LogP contribution in [-0.2, 0) is 22.7 Å². The molecule has 2 aromatic heterocycles. The van der Waals surface area contributed by atoms with Gasteiger partial charge >= 0.3 is 5.97 Å². The second-order valence-corrected chi connectivity index (χ2v) is 5.86. The summed E-state index contributed by atoms with van der Waals surface area (Å²) in [6.07, 6.45) is 0. The largest absolute Gasteiger partial charge is 0.461 e. The van der Waals surface area contributed by atoms with Crippen molar-refractivity contribution in [3.05, 3.63) is 64.9 Å². The Hall–Kier alpha value is -2.44. The van der Waals surface area contributed by atoms with E-state index < -0.39 is 5.97 Å². The highest BCUT2D eigenvalue weighted by molar-refractivity contribution is 7.13. The molecule has 3 aromatic rings. The standard InChI is InChI=1S/C18H17NO4S/c1-2-22-18(20)15-12-24-17(19-15)16-9-8-14(23-16)11-21-10-13-6-4-3-5-7-13/h3-9,12H,2,10-11H2,1H3. The van der Waals surface area contributed by atoms with E-state index in [9.17, 15) is 4.79 Å². The first kappa shape index (κ1) is 16.4. The molecule has 0 bridgehead atoms. The van der Waals surface area contributed by atoms with E-state index in [-0.39, 0.29) is 0 Å². The van der Waals surface area contributed by atoms with Crippen molar-refractivity contribution >= 4 is 17.3 Å². The van der Waals surface area contributed by atoms with Gasteiger partial charge in [0, 0.05) is 5.38 Å². The SMILES string of the molecule is CCOC(=O)c1csc(-c2ccc(COCc3ccccc3)o2)n1. The van der Waals surface area contributed by atoms with E-state index in [2.05, 4.69) is 4.98 Å². The number of rotatable bonds is 7. The predicted octanol–water partition coefficient (Wildman–Crippen LogP) is 4.30. The minimum Gasteiger partial charge on any atom is -0.461 e. The summed E-state index contributed by atoms with van der Waals surface area (Å²) in [4.78, 5) is 15.9. The van der Waals surface area contributed by atoms with Gasteiger partial charge < -0.3 is 13.9 Å². The Morgan fingerprint density at radius 1 is 1.17 bits per heavy atom. The van der Waals surface area contributed by atoms with Crippen LogP contribution in [0.2, 0.25) is 0 Å². The average molecular weight is 343 g/mol. The molecule has 24 heavy (non-hydrogen) atoms. The van der Waals surface area contributed by atoms with E-state index >= 15 is 0 Å². The number of aromatic nitrogens is 1. The Balaban J connectivity index is 1.58. The summed E-state index contributed by atoms with van der Waals surface area (Å²) in [5, 5.41) is 2.31. The lowest BCUT2D eigenvalue weighted by molar-refractivity contribution is 0.0520. The summed E-state index contributed by atoms with van der Waals surface area (Å²) in [5.74, 6) is 0.917. The normalized spacial score (nSPS) is 10.7. The molecule has 0 saturated heterocycles. The molecule has 0 atom stereocenters. The number of ether oxygens (including phenoxy) is 2. The van der Waals surface area contributed by atoms with Crippen LogP contribution in [0.25, 0.3) is 10.8 Å². The predicted molar refractivity (Wildman–Crippen MR) is 90.7 cm³/mol. The second-order valence-electron chi connectivity index (χ2n) is 5.00. The number of hydrogen-bond acceptors (Lipinski definition) is 6. The summed E-state index contributed by atoms with van der Waals surface area (Å²) >= 11 is 1.34. The van der Waals surface area contributed by atoms with Crippen LogP contribution in [0.3, 0.4) is 0 Å². The highest BCUT2D eigenvalue weighted by atomic mass is 32.1. The van der Waals surface area contributed by atoms with Crippen molar-refractivity contribution in [2.24, 2.45) is 0 Å². The summed E-state index contributed by atoms with van der Waals surface area (Å²) in [6.45, 7) is 3.00. The Morgan fingerprint density at radius 3 is 2.79 bits per heavy atom. The quantitative estimate of drug-likeness (QED) is 0.599. The zero-order valence-electron chi connectivity index (χ0n) is 13.2. The molecule has 2 heterocycles. The van der Waals surface area contributed by atoms with Gasteiger partial charge in [0.1, 0.15) is 12.4 Å². The van der Waals surface area contributed by atoms with E-state index in [1.807, 2.05) is 42.5 Å². The highest BCUT2D eigenvalue weighted by Gasteiger charge is 2.15. The fourth-order valence-electron chi connectivity index (χ4n) is 2.10. The minimum absolute atomic E-state index is 0.301. The molecule has 0 amide bonds. The molecule has 0 radical (unpaired) electrons. The fourth-order valence-corrected chi connectivity index (χ4v) is 2.85. The van der Waals surface area contributed by atoms with Crippen LogP contribution in [0.15, 0.2) is 52.3 Å². The van der Waals surface area contributed by atoms with Crippen LogP contribution in [0.1, 0.15) is 28.7 Å². The van der Waals surface area contributed by atoms with E-state index in [0.717, 1.165) is 5.56 Å². The molecule has 124 valence electrons. The topological polar surface area (TPSA) is 61.6 Å². The van der Waals surface area contributed by atoms with Gasteiger partial charge in [-0.25, -0.2) is 9.78 Å². The number of carbonyl (C=O) groups is 1. The van der Waals surface area contributed by atoms with E-state index in [1.165, 1.54) is 11.3 Å². The van der Waals surface area contributed by atoms with Crippen LogP contribution in [0, 0.1) is 0 Å². The third kappa shape index (κ3) is 4.10. The van der Waals surface area contributed by atoms with Gasteiger partial charge in [0.2, 0.25) is 0 Å². The first-order chi connectivity index (χ1) is 11.8. The van der Waals surface area contributed by atoms with Crippen molar-refractivity contribution in [1.29, 1.82) is 0 Å². The second kappa shape index (κ2) is 7.90. The van der Waals surface area contributed by atoms with Gasteiger partial charge in [-0.2, -0.15) is 0 Å². The van der Waals surface area contributed by atoms with Crippen LogP contribution >= 0.6 is 11.3 Å². The van der Waals surface area contributed by atoms with Crippen LogP contribution < -0.4 is 0 Å². The molecule has 0 aliphatic carbocycles. The third-order valence-electron chi connectivity index (χ3n) is 3.22. The van der Waals surface area contributed by atoms with Gasteiger partial charge in [0.15, 0.2) is 16.5 Å². The molecule has 3 rings (SSSR count). The van der Waals surface area contributed by atoms with Gasteiger partial charge in [-0.1, -0.05) is 30.3 Å². The fraction of sp³-hybridized carbons (Fsp3) is 0.222. The lowest BCUT2D eigenvalue weighted by Gasteiger charge is -2.02. The van der Waals surface area contributed by atoms with Crippen molar-refractivity contribution in [3.63, 3.8) is 0 Å². The van der Waals surface area contributed by atoms with E-state index in [1.54, 1.807) is 12.3 Å². The van der Waals surface area contributed by atoms with Crippen molar-refractivity contribution in [1.82, 2.24) is 4.98 Å². The zero-order valence-corrected chi connectivity index (χ0v) is 14.0. The average Bonchev–Trinajstić information content (AvgIpc) is 3.25. The van der Waals surface area contributed by atoms with Crippen molar-refractivity contribution in [3.8, 4) is 10.8 Å². The Bertz CT molecular complexity index is 794. The maximum atomic E-state index is 11.6. The molecule has 0 saturated carbocycles. The van der Waals surface area contributed by atoms with Gasteiger partial charge in [0.05, 0.1) is 13.2 Å². The number of hydrogen-bond donors (Lipinski definition) is 0. The molecule has 1 aromatic carbocycles. The number of esters is 1. The molecule has 0 spiro atoms. The van der Waals surface area contributed by atoms with Gasteiger partial charge in [-0.05, 0) is 24.6 Å². The third-order valence-corrected chi connectivity index (χ3v) is 4.07.